The SMILES string of the molecule is C=Cc1ccc([C@H](C)c2ccc3ccccc3c2)cc1. The molecule has 0 fully saturated rings. The fraction of sp³-hybridized carbons (Fsp3) is 0.100. The van der Waals surface area contributed by atoms with Gasteiger partial charge in [0, 0.05) is 5.92 Å². The molecule has 0 aromatic heterocycles. The van der Waals surface area contributed by atoms with Gasteiger partial charge >= 0.3 is 0 Å². The van der Waals surface area contributed by atoms with Crippen molar-refractivity contribution in [3.8, 4) is 0 Å². The van der Waals surface area contributed by atoms with E-state index in [1.165, 1.54) is 27.5 Å². The Morgan fingerprint density at radius 3 is 2.15 bits per heavy atom. The van der Waals surface area contributed by atoms with Gasteiger partial charge in [-0.25, -0.2) is 0 Å². The maximum atomic E-state index is 3.80. The predicted octanol–water partition coefficient (Wildman–Crippen LogP) is 5.63. The number of fused-ring (bicyclic) bond motifs is 1. The highest BCUT2D eigenvalue weighted by atomic mass is 14.1. The first-order valence-electron chi connectivity index (χ1n) is 6.99. The Kier molecular flexibility index (Phi) is 3.39. The van der Waals surface area contributed by atoms with Gasteiger partial charge in [0.1, 0.15) is 0 Å². The normalized spacial score (nSPS) is 12.2. The summed E-state index contributed by atoms with van der Waals surface area (Å²) in [6, 6.07) is 23.9. The highest BCUT2D eigenvalue weighted by molar-refractivity contribution is 5.83. The Morgan fingerprint density at radius 2 is 1.45 bits per heavy atom. The van der Waals surface area contributed by atoms with E-state index in [1.807, 2.05) is 6.08 Å². The molecule has 0 nitrogen and oxygen atoms in total. The molecule has 0 aliphatic rings. The molecule has 0 aliphatic carbocycles. The van der Waals surface area contributed by atoms with Crippen molar-refractivity contribution >= 4 is 16.8 Å². The van der Waals surface area contributed by atoms with Crippen LogP contribution in [0.5, 0.6) is 0 Å². The maximum Gasteiger partial charge on any atom is 0.00612 e. The molecule has 0 heteroatoms. The number of hydrogen-bond donors (Lipinski definition) is 0. The van der Waals surface area contributed by atoms with Crippen molar-refractivity contribution in [2.75, 3.05) is 0 Å². The number of rotatable bonds is 3. The predicted molar refractivity (Wildman–Crippen MR) is 88.0 cm³/mol. The van der Waals surface area contributed by atoms with E-state index in [2.05, 4.69) is 80.2 Å². The summed E-state index contributed by atoms with van der Waals surface area (Å²) in [6.45, 7) is 6.05. The van der Waals surface area contributed by atoms with Crippen molar-refractivity contribution < 1.29 is 0 Å². The van der Waals surface area contributed by atoms with Crippen LogP contribution in [0.25, 0.3) is 16.8 Å². The highest BCUT2D eigenvalue weighted by Crippen LogP contribution is 2.27. The molecule has 0 spiro atoms. The quantitative estimate of drug-likeness (QED) is 0.570. The van der Waals surface area contributed by atoms with Gasteiger partial charge < -0.3 is 0 Å². The van der Waals surface area contributed by atoms with E-state index in [4.69, 9.17) is 0 Å². The lowest BCUT2D eigenvalue weighted by Crippen LogP contribution is -1.96. The lowest BCUT2D eigenvalue weighted by atomic mass is 9.91. The summed E-state index contributed by atoms with van der Waals surface area (Å²) >= 11 is 0. The van der Waals surface area contributed by atoms with E-state index >= 15 is 0 Å². The summed E-state index contributed by atoms with van der Waals surface area (Å²) in [5.41, 5.74) is 3.86. The van der Waals surface area contributed by atoms with Gasteiger partial charge in [0.15, 0.2) is 0 Å². The van der Waals surface area contributed by atoms with Gasteiger partial charge in [-0.2, -0.15) is 0 Å². The van der Waals surface area contributed by atoms with Crippen molar-refractivity contribution in [3.05, 3.63) is 90.0 Å². The fourth-order valence-electron chi connectivity index (χ4n) is 2.59. The van der Waals surface area contributed by atoms with Crippen LogP contribution in [-0.2, 0) is 0 Å². The van der Waals surface area contributed by atoms with E-state index < -0.39 is 0 Å². The average Bonchev–Trinajstić information content (AvgIpc) is 2.54. The summed E-state index contributed by atoms with van der Waals surface area (Å²) in [5, 5.41) is 2.60. The van der Waals surface area contributed by atoms with Crippen LogP contribution >= 0.6 is 0 Å². The summed E-state index contributed by atoms with van der Waals surface area (Å²) in [6.07, 6.45) is 1.88. The number of hydrogen-bond acceptors (Lipinski definition) is 0. The van der Waals surface area contributed by atoms with Gasteiger partial charge in [0.2, 0.25) is 0 Å². The van der Waals surface area contributed by atoms with E-state index in [-0.39, 0.29) is 0 Å². The van der Waals surface area contributed by atoms with E-state index in [9.17, 15) is 0 Å². The molecule has 3 aromatic rings. The molecular formula is C20H18. The molecule has 0 unspecified atom stereocenters. The van der Waals surface area contributed by atoms with Crippen molar-refractivity contribution in [2.45, 2.75) is 12.8 Å². The lowest BCUT2D eigenvalue weighted by Gasteiger charge is -2.13. The molecule has 0 amide bonds. The second kappa shape index (κ2) is 5.34. The Hall–Kier alpha value is -2.34. The zero-order valence-electron chi connectivity index (χ0n) is 11.7. The van der Waals surface area contributed by atoms with E-state index in [0.717, 1.165) is 0 Å². The molecule has 3 aromatic carbocycles. The Morgan fingerprint density at radius 1 is 0.800 bits per heavy atom. The molecule has 0 heterocycles. The van der Waals surface area contributed by atoms with Crippen LogP contribution in [0.1, 0.15) is 29.5 Å². The zero-order chi connectivity index (χ0) is 13.9. The zero-order valence-corrected chi connectivity index (χ0v) is 11.7. The van der Waals surface area contributed by atoms with Gasteiger partial charge in [-0.15, -0.1) is 0 Å². The van der Waals surface area contributed by atoms with Gasteiger partial charge in [-0.3, -0.25) is 0 Å². The molecule has 0 bridgehead atoms. The van der Waals surface area contributed by atoms with Gasteiger partial charge in [-0.1, -0.05) is 86.3 Å². The minimum atomic E-state index is 0.401. The summed E-state index contributed by atoms with van der Waals surface area (Å²) < 4.78 is 0. The molecule has 0 saturated heterocycles. The Balaban J connectivity index is 1.98. The number of benzene rings is 3. The van der Waals surface area contributed by atoms with Crippen LogP contribution < -0.4 is 0 Å². The molecule has 0 aliphatic heterocycles. The topological polar surface area (TPSA) is 0 Å². The molecule has 1 atom stereocenters. The molecule has 3 rings (SSSR count). The highest BCUT2D eigenvalue weighted by Gasteiger charge is 2.08. The molecule has 20 heavy (non-hydrogen) atoms. The third kappa shape index (κ3) is 2.37. The largest absolute Gasteiger partial charge is 0.0985 e. The molecule has 0 N–H and O–H groups in total. The maximum absolute atomic E-state index is 3.80. The van der Waals surface area contributed by atoms with Gasteiger partial charge in [0.25, 0.3) is 0 Å². The van der Waals surface area contributed by atoms with Crippen molar-refractivity contribution in [3.63, 3.8) is 0 Å². The summed E-state index contributed by atoms with van der Waals surface area (Å²) in [5.74, 6) is 0.401. The van der Waals surface area contributed by atoms with Crippen molar-refractivity contribution in [2.24, 2.45) is 0 Å². The molecule has 98 valence electrons. The van der Waals surface area contributed by atoms with Gasteiger partial charge in [-0.05, 0) is 27.5 Å². The van der Waals surface area contributed by atoms with Crippen LogP contribution in [0.4, 0.5) is 0 Å². The lowest BCUT2D eigenvalue weighted by molar-refractivity contribution is 0.924. The van der Waals surface area contributed by atoms with Crippen LogP contribution in [-0.4, -0.2) is 0 Å². The van der Waals surface area contributed by atoms with Gasteiger partial charge in [0.05, 0.1) is 0 Å². The molecule has 0 radical (unpaired) electrons. The second-order valence-electron chi connectivity index (χ2n) is 5.20. The standard InChI is InChI=1S/C20H18/c1-3-16-8-10-17(11-9-16)15(2)19-13-12-18-6-4-5-7-20(18)14-19/h3-15H,1H2,2H3/t15-/m0/s1. The third-order valence-corrected chi connectivity index (χ3v) is 3.95. The van der Waals surface area contributed by atoms with E-state index in [1.54, 1.807) is 0 Å². The van der Waals surface area contributed by atoms with E-state index in [0.29, 0.717) is 5.92 Å². The minimum Gasteiger partial charge on any atom is -0.0985 e. The van der Waals surface area contributed by atoms with Crippen LogP contribution in [0.3, 0.4) is 0 Å². The minimum absolute atomic E-state index is 0.401. The fourth-order valence-corrected chi connectivity index (χ4v) is 2.59. The summed E-state index contributed by atoms with van der Waals surface area (Å²) in [4.78, 5) is 0. The second-order valence-corrected chi connectivity index (χ2v) is 5.20. The first-order valence-corrected chi connectivity index (χ1v) is 6.99. The third-order valence-electron chi connectivity index (χ3n) is 3.95. The van der Waals surface area contributed by atoms with Crippen LogP contribution in [0.15, 0.2) is 73.3 Å². The first kappa shape index (κ1) is 12.7. The molecular weight excluding hydrogens is 240 g/mol. The van der Waals surface area contributed by atoms with Crippen molar-refractivity contribution in [1.82, 2.24) is 0 Å². The summed E-state index contributed by atoms with van der Waals surface area (Å²) in [7, 11) is 0. The van der Waals surface area contributed by atoms with Crippen molar-refractivity contribution in [1.29, 1.82) is 0 Å². The first-order chi connectivity index (χ1) is 9.78. The smallest absolute Gasteiger partial charge is 0.00612 e. The molecule has 0 saturated carbocycles. The van der Waals surface area contributed by atoms with Crippen LogP contribution in [0, 0.1) is 0 Å². The average molecular weight is 258 g/mol. The Labute approximate surface area is 120 Å². The monoisotopic (exact) mass is 258 g/mol. The Bertz CT molecular complexity index is 735. The van der Waals surface area contributed by atoms with Crippen LogP contribution in [0.2, 0.25) is 0 Å².